The van der Waals surface area contributed by atoms with Crippen LogP contribution in [0.5, 0.6) is 0 Å². The van der Waals surface area contributed by atoms with Crippen molar-refractivity contribution in [3.05, 3.63) is 108 Å². The summed E-state index contributed by atoms with van der Waals surface area (Å²) in [5, 5.41) is 13.0. The van der Waals surface area contributed by atoms with E-state index in [0.717, 1.165) is 16.7 Å². The molecule has 2 N–H and O–H groups in total. The molecule has 0 fully saturated rings. The van der Waals surface area contributed by atoms with Crippen LogP contribution in [0.15, 0.2) is 91.0 Å². The largest absolute Gasteiger partial charge is 0.480 e. The van der Waals surface area contributed by atoms with E-state index in [1.54, 1.807) is 20.8 Å². The van der Waals surface area contributed by atoms with Gasteiger partial charge in [-0.25, -0.2) is 9.59 Å². The van der Waals surface area contributed by atoms with Crippen molar-refractivity contribution < 1.29 is 19.4 Å². The van der Waals surface area contributed by atoms with E-state index in [2.05, 4.69) is 5.32 Å². The number of alkyl carbamates (subject to hydrolysis) is 1. The molecule has 1 atom stereocenters. The van der Waals surface area contributed by atoms with Gasteiger partial charge in [0.25, 0.3) is 0 Å². The molecule has 1 amide bonds. The molecule has 31 heavy (non-hydrogen) atoms. The van der Waals surface area contributed by atoms with Crippen molar-refractivity contribution in [2.24, 2.45) is 0 Å². The standard InChI is InChI=1S/C26H27NO4/c1-25(2,3)31-24(30)27-22(23(28)29)26(19-13-7-4-8-14-19,20-15-9-5-10-16-20)21-17-11-6-12-18-21/h4-18,22H,1-3H3,(H,27,30)(H,28,29). The summed E-state index contributed by atoms with van der Waals surface area (Å²) in [6.07, 6.45) is -0.785. The number of carbonyl (C=O) groups excluding carboxylic acids is 1. The third-order valence-electron chi connectivity index (χ3n) is 5.03. The quantitative estimate of drug-likeness (QED) is 0.554. The summed E-state index contributed by atoms with van der Waals surface area (Å²) in [7, 11) is 0. The second-order valence-corrected chi connectivity index (χ2v) is 8.32. The van der Waals surface area contributed by atoms with Gasteiger partial charge in [0.1, 0.15) is 11.6 Å². The van der Waals surface area contributed by atoms with Gasteiger partial charge in [-0.2, -0.15) is 0 Å². The Morgan fingerprint density at radius 3 is 1.39 bits per heavy atom. The zero-order valence-electron chi connectivity index (χ0n) is 17.9. The van der Waals surface area contributed by atoms with Gasteiger partial charge in [-0.1, -0.05) is 91.0 Å². The van der Waals surface area contributed by atoms with Gasteiger partial charge in [0.05, 0.1) is 5.41 Å². The minimum absolute atomic E-state index is 0.746. The van der Waals surface area contributed by atoms with Crippen LogP contribution in [-0.4, -0.2) is 28.8 Å². The molecule has 0 aliphatic rings. The van der Waals surface area contributed by atoms with Crippen LogP contribution < -0.4 is 5.32 Å². The average molecular weight is 418 g/mol. The van der Waals surface area contributed by atoms with Gasteiger partial charge in [0, 0.05) is 0 Å². The number of nitrogens with one attached hydrogen (secondary N) is 1. The fourth-order valence-corrected chi connectivity index (χ4v) is 3.88. The molecule has 0 aromatic heterocycles. The van der Waals surface area contributed by atoms with Crippen LogP contribution in [-0.2, 0) is 14.9 Å². The maximum Gasteiger partial charge on any atom is 0.408 e. The molecule has 0 spiro atoms. The summed E-state index contributed by atoms with van der Waals surface area (Å²) in [5.41, 5.74) is 0.289. The Hall–Kier alpha value is -3.60. The molecular formula is C26H27NO4. The molecule has 0 saturated heterocycles. The van der Waals surface area contributed by atoms with E-state index < -0.39 is 29.1 Å². The van der Waals surface area contributed by atoms with E-state index in [9.17, 15) is 14.7 Å². The van der Waals surface area contributed by atoms with Gasteiger partial charge in [0.15, 0.2) is 0 Å². The van der Waals surface area contributed by atoms with E-state index in [4.69, 9.17) is 4.74 Å². The fraction of sp³-hybridized carbons (Fsp3) is 0.231. The highest BCUT2D eigenvalue weighted by Crippen LogP contribution is 2.42. The number of benzene rings is 3. The second kappa shape index (κ2) is 9.04. The highest BCUT2D eigenvalue weighted by Gasteiger charge is 2.49. The Kier molecular flexibility index (Phi) is 6.44. The number of hydrogen-bond donors (Lipinski definition) is 2. The lowest BCUT2D eigenvalue weighted by atomic mass is 9.64. The second-order valence-electron chi connectivity index (χ2n) is 8.32. The van der Waals surface area contributed by atoms with E-state index in [0.29, 0.717) is 0 Å². The Morgan fingerprint density at radius 2 is 1.10 bits per heavy atom. The lowest BCUT2D eigenvalue weighted by molar-refractivity contribution is -0.140. The van der Waals surface area contributed by atoms with Crippen LogP contribution in [0.3, 0.4) is 0 Å². The lowest BCUT2D eigenvalue weighted by Gasteiger charge is -2.40. The van der Waals surface area contributed by atoms with Crippen molar-refractivity contribution in [1.82, 2.24) is 5.32 Å². The van der Waals surface area contributed by atoms with Crippen LogP contribution >= 0.6 is 0 Å². The average Bonchev–Trinajstić information content (AvgIpc) is 2.74. The molecule has 3 aromatic carbocycles. The SMILES string of the molecule is CC(C)(C)OC(=O)NC(C(=O)O)C(c1ccccc1)(c1ccccc1)c1ccccc1. The minimum atomic E-state index is -1.32. The molecule has 3 rings (SSSR count). The van der Waals surface area contributed by atoms with E-state index >= 15 is 0 Å². The highest BCUT2D eigenvalue weighted by molar-refractivity contribution is 5.84. The van der Waals surface area contributed by atoms with Crippen LogP contribution in [0, 0.1) is 0 Å². The summed E-state index contributed by atoms with van der Waals surface area (Å²) in [6.45, 7) is 5.21. The first-order valence-corrected chi connectivity index (χ1v) is 10.1. The third kappa shape index (κ3) is 4.77. The molecule has 0 radical (unpaired) electrons. The third-order valence-corrected chi connectivity index (χ3v) is 5.03. The maximum absolute atomic E-state index is 12.7. The summed E-state index contributed by atoms with van der Waals surface area (Å²) in [5.74, 6) is -1.16. The molecular weight excluding hydrogens is 390 g/mol. The van der Waals surface area contributed by atoms with Crippen molar-refractivity contribution in [2.75, 3.05) is 0 Å². The first kappa shape index (κ1) is 22.1. The molecule has 0 aliphatic heterocycles. The molecule has 0 aliphatic carbocycles. The Labute approximate surface area is 182 Å². The fourth-order valence-electron chi connectivity index (χ4n) is 3.88. The van der Waals surface area contributed by atoms with E-state index in [-0.39, 0.29) is 0 Å². The predicted octanol–water partition coefficient (Wildman–Crippen LogP) is 5.00. The van der Waals surface area contributed by atoms with Crippen LogP contribution in [0.25, 0.3) is 0 Å². The number of carboxylic acids is 1. The first-order chi connectivity index (χ1) is 14.7. The smallest absolute Gasteiger partial charge is 0.408 e. The molecule has 0 saturated carbocycles. The summed E-state index contributed by atoms with van der Waals surface area (Å²) in [6, 6.07) is 26.8. The number of ether oxygens (including phenoxy) is 1. The number of rotatable bonds is 6. The van der Waals surface area contributed by atoms with Crippen LogP contribution in [0.1, 0.15) is 37.5 Å². The van der Waals surface area contributed by atoms with Gasteiger partial charge < -0.3 is 15.2 Å². The molecule has 0 heterocycles. The zero-order chi connectivity index (χ0) is 22.5. The van der Waals surface area contributed by atoms with Crippen molar-refractivity contribution in [3.63, 3.8) is 0 Å². The van der Waals surface area contributed by atoms with Crippen molar-refractivity contribution in [3.8, 4) is 0 Å². The van der Waals surface area contributed by atoms with E-state index in [1.165, 1.54) is 0 Å². The van der Waals surface area contributed by atoms with Crippen LogP contribution in [0.4, 0.5) is 4.79 Å². The number of carboxylic acid groups (broad SMARTS) is 1. The molecule has 5 heteroatoms. The molecule has 3 aromatic rings. The van der Waals surface area contributed by atoms with E-state index in [1.807, 2.05) is 91.0 Å². The topological polar surface area (TPSA) is 75.6 Å². The van der Waals surface area contributed by atoms with Gasteiger partial charge in [-0.3, -0.25) is 0 Å². The number of hydrogen-bond acceptors (Lipinski definition) is 3. The molecule has 1 unspecified atom stereocenters. The normalized spacial score (nSPS) is 12.6. The molecule has 5 nitrogen and oxygen atoms in total. The van der Waals surface area contributed by atoms with Crippen molar-refractivity contribution in [1.29, 1.82) is 0 Å². The lowest BCUT2D eigenvalue weighted by Crippen LogP contribution is -2.57. The Balaban J connectivity index is 2.30. The summed E-state index contributed by atoms with van der Waals surface area (Å²) >= 11 is 0. The summed E-state index contributed by atoms with van der Waals surface area (Å²) in [4.78, 5) is 25.4. The molecule has 160 valence electrons. The number of carbonyl (C=O) groups is 2. The molecule has 0 bridgehead atoms. The number of aliphatic carboxylic acids is 1. The van der Waals surface area contributed by atoms with Crippen LogP contribution in [0.2, 0.25) is 0 Å². The van der Waals surface area contributed by atoms with Crippen molar-refractivity contribution >= 4 is 12.1 Å². The maximum atomic E-state index is 12.7. The van der Waals surface area contributed by atoms with Crippen molar-refractivity contribution in [2.45, 2.75) is 37.8 Å². The minimum Gasteiger partial charge on any atom is -0.480 e. The number of amides is 1. The predicted molar refractivity (Wildman–Crippen MR) is 120 cm³/mol. The Morgan fingerprint density at radius 1 is 0.742 bits per heavy atom. The van der Waals surface area contributed by atoms with Gasteiger partial charge in [-0.05, 0) is 37.5 Å². The first-order valence-electron chi connectivity index (χ1n) is 10.1. The van der Waals surface area contributed by atoms with Gasteiger partial charge >= 0.3 is 12.1 Å². The summed E-state index contributed by atoms with van der Waals surface area (Å²) < 4.78 is 5.41. The Bertz CT molecular complexity index is 915. The van der Waals surface area contributed by atoms with Gasteiger partial charge in [-0.15, -0.1) is 0 Å². The van der Waals surface area contributed by atoms with Gasteiger partial charge in [0.2, 0.25) is 0 Å². The zero-order valence-corrected chi connectivity index (χ0v) is 17.9. The highest BCUT2D eigenvalue weighted by atomic mass is 16.6. The monoisotopic (exact) mass is 417 g/mol.